The summed E-state index contributed by atoms with van der Waals surface area (Å²) in [6.07, 6.45) is 12.2. The molecule has 3 heteroatoms. The molecule has 138 valence electrons. The Morgan fingerprint density at radius 2 is 2.08 bits per heavy atom. The van der Waals surface area contributed by atoms with Crippen molar-refractivity contribution in [3.8, 4) is 0 Å². The maximum atomic E-state index is 11.0. The van der Waals surface area contributed by atoms with E-state index in [0.717, 1.165) is 5.57 Å². The molecule has 0 spiro atoms. The van der Waals surface area contributed by atoms with Gasteiger partial charge in [-0.05, 0) is 62.7 Å². The third kappa shape index (κ3) is 5.43. The van der Waals surface area contributed by atoms with Crippen LogP contribution >= 0.6 is 0 Å². The van der Waals surface area contributed by atoms with Gasteiger partial charge in [-0.15, -0.1) is 0 Å². The highest BCUT2D eigenvalue weighted by atomic mass is 16.6. The van der Waals surface area contributed by atoms with E-state index >= 15 is 0 Å². The molecule has 0 radical (unpaired) electrons. The lowest BCUT2D eigenvalue weighted by Gasteiger charge is -2.33. The molecule has 0 aromatic carbocycles. The van der Waals surface area contributed by atoms with Crippen molar-refractivity contribution in [2.45, 2.75) is 73.0 Å². The Morgan fingerprint density at radius 3 is 2.72 bits per heavy atom. The Bertz CT molecular complexity index is 632. The monoisotopic (exact) mass is 344 g/mol. The number of esters is 1. The van der Waals surface area contributed by atoms with Gasteiger partial charge < -0.3 is 9.47 Å². The Balaban J connectivity index is 2.01. The molecule has 2 rings (SSSR count). The molecule has 0 saturated heterocycles. The molecule has 1 heterocycles. The molecule has 0 N–H and O–H groups in total. The lowest BCUT2D eigenvalue weighted by Crippen LogP contribution is -2.20. The predicted molar refractivity (Wildman–Crippen MR) is 102 cm³/mol. The van der Waals surface area contributed by atoms with Crippen molar-refractivity contribution in [3.05, 3.63) is 46.6 Å². The van der Waals surface area contributed by atoms with Crippen LogP contribution in [0.1, 0.15) is 60.8 Å². The molecule has 25 heavy (non-hydrogen) atoms. The third-order valence-corrected chi connectivity index (χ3v) is 5.18. The van der Waals surface area contributed by atoms with Crippen molar-refractivity contribution in [2.75, 3.05) is 6.61 Å². The average Bonchev–Trinajstić information content (AvgIpc) is 2.83. The summed E-state index contributed by atoms with van der Waals surface area (Å²) in [5, 5.41) is 0. The van der Waals surface area contributed by atoms with E-state index in [2.05, 4.69) is 52.0 Å². The first-order valence-corrected chi connectivity index (χ1v) is 9.23. The molecule has 2 atom stereocenters. The quantitative estimate of drug-likeness (QED) is 0.386. The van der Waals surface area contributed by atoms with Gasteiger partial charge in [-0.1, -0.05) is 43.2 Å². The highest BCUT2D eigenvalue weighted by Gasteiger charge is 2.27. The maximum absolute atomic E-state index is 11.0. The first kappa shape index (κ1) is 19.7. The van der Waals surface area contributed by atoms with E-state index in [1.54, 1.807) is 0 Å². The molecular formula is C22H32O3. The standard InChI is InChI=1S/C22H32O3/c1-15(9-10-20-16(2)8-7-11-22(20,5)6)12-19-13-17(3)21(25-19)14-24-18(4)23/h9-10,12-13,19,21H,7-8,11,14H2,1-6H3/b10-9+,15-12+/t19-,21-/m0/s1. The number of carbonyl (C=O) groups excluding carboxylic acids is 1. The fourth-order valence-electron chi connectivity index (χ4n) is 3.69. The first-order chi connectivity index (χ1) is 11.7. The Kier molecular flexibility index (Phi) is 6.45. The van der Waals surface area contributed by atoms with E-state index in [0.29, 0.717) is 0 Å². The summed E-state index contributed by atoms with van der Waals surface area (Å²) in [7, 11) is 0. The van der Waals surface area contributed by atoms with Crippen LogP contribution in [0.4, 0.5) is 0 Å². The van der Waals surface area contributed by atoms with Crippen LogP contribution in [0.2, 0.25) is 0 Å². The molecule has 0 fully saturated rings. The summed E-state index contributed by atoms with van der Waals surface area (Å²) >= 11 is 0. The molecule has 3 nitrogen and oxygen atoms in total. The second-order valence-corrected chi connectivity index (χ2v) is 7.98. The second-order valence-electron chi connectivity index (χ2n) is 7.98. The Labute approximate surface area is 152 Å². The fraction of sp³-hybridized carbons (Fsp3) is 0.591. The number of allylic oxidation sites excluding steroid dienone is 5. The SMILES string of the molecule is CC(=O)OC[C@@H]1O[C@@H](/C=C(C)/C=C/C2=C(C)CCCC2(C)C)C=C1C. The molecule has 0 amide bonds. The van der Waals surface area contributed by atoms with Crippen molar-refractivity contribution >= 4 is 5.97 Å². The topological polar surface area (TPSA) is 35.5 Å². The van der Waals surface area contributed by atoms with Crippen molar-refractivity contribution in [2.24, 2.45) is 5.41 Å². The number of carbonyl (C=O) groups is 1. The summed E-state index contributed by atoms with van der Waals surface area (Å²) in [6, 6.07) is 0. The van der Waals surface area contributed by atoms with Crippen LogP contribution in [-0.4, -0.2) is 24.8 Å². The first-order valence-electron chi connectivity index (χ1n) is 9.23. The molecule has 0 unspecified atom stereocenters. The molecule has 0 bridgehead atoms. The van der Waals surface area contributed by atoms with E-state index in [-0.39, 0.29) is 30.2 Å². The van der Waals surface area contributed by atoms with E-state index < -0.39 is 0 Å². The van der Waals surface area contributed by atoms with Gasteiger partial charge in [0.25, 0.3) is 0 Å². The average molecular weight is 344 g/mol. The summed E-state index contributed by atoms with van der Waals surface area (Å²) in [4.78, 5) is 11.0. The van der Waals surface area contributed by atoms with E-state index in [9.17, 15) is 4.79 Å². The van der Waals surface area contributed by atoms with Crippen LogP contribution in [0.25, 0.3) is 0 Å². The van der Waals surface area contributed by atoms with Gasteiger partial charge in [-0.25, -0.2) is 0 Å². The largest absolute Gasteiger partial charge is 0.463 e. The van der Waals surface area contributed by atoms with E-state index in [1.165, 1.54) is 42.9 Å². The van der Waals surface area contributed by atoms with E-state index in [1.807, 2.05) is 6.92 Å². The molecule has 1 aliphatic carbocycles. The predicted octanol–water partition coefficient (Wildman–Crippen LogP) is 5.29. The normalized spacial score (nSPS) is 27.0. The van der Waals surface area contributed by atoms with Crippen LogP contribution < -0.4 is 0 Å². The highest BCUT2D eigenvalue weighted by Crippen LogP contribution is 2.40. The van der Waals surface area contributed by atoms with Crippen LogP contribution in [0.5, 0.6) is 0 Å². The minimum atomic E-state index is -0.270. The van der Waals surface area contributed by atoms with Gasteiger partial charge in [0.05, 0.1) is 6.10 Å². The molecule has 1 aliphatic heterocycles. The molecule has 0 aromatic rings. The van der Waals surface area contributed by atoms with Gasteiger partial charge in [-0.2, -0.15) is 0 Å². The van der Waals surface area contributed by atoms with E-state index in [4.69, 9.17) is 9.47 Å². The van der Waals surface area contributed by atoms with Crippen molar-refractivity contribution < 1.29 is 14.3 Å². The number of ether oxygens (including phenoxy) is 2. The van der Waals surface area contributed by atoms with Gasteiger partial charge in [0.15, 0.2) is 0 Å². The zero-order chi connectivity index (χ0) is 18.6. The lowest BCUT2D eigenvalue weighted by molar-refractivity contribution is -0.144. The Hall–Kier alpha value is -1.61. The van der Waals surface area contributed by atoms with Gasteiger partial charge in [0, 0.05) is 6.92 Å². The summed E-state index contributed by atoms with van der Waals surface area (Å²) in [6.45, 7) is 12.8. The van der Waals surface area contributed by atoms with Crippen molar-refractivity contribution in [3.63, 3.8) is 0 Å². The van der Waals surface area contributed by atoms with Crippen molar-refractivity contribution in [1.29, 1.82) is 0 Å². The zero-order valence-electron chi connectivity index (χ0n) is 16.5. The van der Waals surface area contributed by atoms with Crippen LogP contribution in [0.3, 0.4) is 0 Å². The van der Waals surface area contributed by atoms with Crippen molar-refractivity contribution in [1.82, 2.24) is 0 Å². The maximum Gasteiger partial charge on any atom is 0.302 e. The molecule has 0 saturated carbocycles. The summed E-state index contributed by atoms with van der Waals surface area (Å²) in [5.74, 6) is -0.270. The number of rotatable bonds is 5. The second kappa shape index (κ2) is 8.18. The Morgan fingerprint density at radius 1 is 1.36 bits per heavy atom. The zero-order valence-corrected chi connectivity index (χ0v) is 16.5. The van der Waals surface area contributed by atoms with Crippen LogP contribution in [-0.2, 0) is 14.3 Å². The van der Waals surface area contributed by atoms with Crippen LogP contribution in [0, 0.1) is 5.41 Å². The smallest absolute Gasteiger partial charge is 0.302 e. The van der Waals surface area contributed by atoms with Gasteiger partial charge >= 0.3 is 5.97 Å². The molecule has 0 aromatic heterocycles. The lowest BCUT2D eigenvalue weighted by atomic mass is 9.72. The highest BCUT2D eigenvalue weighted by molar-refractivity contribution is 5.65. The number of hydrogen-bond acceptors (Lipinski definition) is 3. The van der Waals surface area contributed by atoms with Gasteiger partial charge in [0.1, 0.15) is 12.7 Å². The minimum Gasteiger partial charge on any atom is -0.463 e. The molecule has 2 aliphatic rings. The minimum absolute atomic E-state index is 0.0559. The third-order valence-electron chi connectivity index (χ3n) is 5.18. The number of hydrogen-bond donors (Lipinski definition) is 0. The van der Waals surface area contributed by atoms with Crippen LogP contribution in [0.15, 0.2) is 46.6 Å². The van der Waals surface area contributed by atoms with Gasteiger partial charge in [-0.3, -0.25) is 4.79 Å². The fourth-order valence-corrected chi connectivity index (χ4v) is 3.69. The van der Waals surface area contributed by atoms with Gasteiger partial charge in [0.2, 0.25) is 0 Å². The molecular weight excluding hydrogens is 312 g/mol. The summed E-state index contributed by atoms with van der Waals surface area (Å²) < 4.78 is 11.0. The summed E-state index contributed by atoms with van der Waals surface area (Å²) in [5.41, 5.74) is 5.54.